The highest BCUT2D eigenvalue weighted by Gasteiger charge is 1.96. The molecule has 0 aliphatic heterocycles. The maximum atomic E-state index is 9.34. The van der Waals surface area contributed by atoms with E-state index < -0.39 is 6.10 Å². The van der Waals surface area contributed by atoms with Gasteiger partial charge in [0.05, 0.1) is 6.10 Å². The maximum Gasteiger partial charge on any atom is 0.0843 e. The van der Waals surface area contributed by atoms with Crippen molar-refractivity contribution in [3.8, 4) is 0 Å². The van der Waals surface area contributed by atoms with Crippen LogP contribution in [-0.2, 0) is 0 Å². The number of unbranched alkanes of at least 4 members (excludes halogenated alkanes) is 26. The van der Waals surface area contributed by atoms with Crippen LogP contribution in [0.15, 0.2) is 12.2 Å². The van der Waals surface area contributed by atoms with Crippen molar-refractivity contribution in [3.05, 3.63) is 12.2 Å². The number of hydrogen-bond donors (Lipinski definition) is 2. The van der Waals surface area contributed by atoms with Gasteiger partial charge >= 0.3 is 0 Å². The molecule has 1 unspecified atom stereocenters. The molecule has 0 aromatic carbocycles. The summed E-state index contributed by atoms with van der Waals surface area (Å²) in [6.07, 6.45) is 42.0. The maximum absolute atomic E-state index is 9.34. The molecule has 0 spiro atoms. The van der Waals surface area contributed by atoms with Crippen molar-refractivity contribution in [2.75, 3.05) is 6.54 Å². The number of aliphatic hydroxyl groups is 1. The van der Waals surface area contributed by atoms with E-state index in [2.05, 4.69) is 13.0 Å². The largest absolute Gasteiger partial charge is 0.388 e. The van der Waals surface area contributed by atoms with Gasteiger partial charge in [0.2, 0.25) is 0 Å². The second-order valence-corrected chi connectivity index (χ2v) is 10.9. The Balaban J connectivity index is 3.05. The molecule has 0 aliphatic carbocycles. The van der Waals surface area contributed by atoms with Gasteiger partial charge in [-0.2, -0.15) is 0 Å². The molecule has 2 heteroatoms. The van der Waals surface area contributed by atoms with Crippen LogP contribution in [0.4, 0.5) is 0 Å². The van der Waals surface area contributed by atoms with E-state index in [1.165, 1.54) is 167 Å². The first kappa shape index (κ1) is 33.7. The van der Waals surface area contributed by atoms with Gasteiger partial charge in [0.25, 0.3) is 0 Å². The van der Waals surface area contributed by atoms with Gasteiger partial charge in [-0.05, 0) is 12.8 Å². The third kappa shape index (κ3) is 29.7. The third-order valence-corrected chi connectivity index (χ3v) is 7.32. The molecule has 2 nitrogen and oxygen atoms in total. The van der Waals surface area contributed by atoms with Crippen LogP contribution < -0.4 is 5.73 Å². The predicted molar refractivity (Wildman–Crippen MR) is 155 cm³/mol. The Bertz CT molecular complexity index is 381. The molecule has 0 aromatic rings. The molecule has 0 saturated heterocycles. The van der Waals surface area contributed by atoms with Crippen LogP contribution in [0.3, 0.4) is 0 Å². The van der Waals surface area contributed by atoms with Gasteiger partial charge < -0.3 is 10.8 Å². The van der Waals surface area contributed by atoms with E-state index in [1.807, 2.05) is 6.08 Å². The zero-order valence-corrected chi connectivity index (χ0v) is 23.6. The molecule has 0 heterocycles. The fourth-order valence-corrected chi connectivity index (χ4v) is 4.91. The lowest BCUT2D eigenvalue weighted by Gasteiger charge is -2.04. The molecular weight excluding hydrogens is 414 g/mol. The Kier molecular flexibility index (Phi) is 30.4. The molecule has 1 atom stereocenters. The van der Waals surface area contributed by atoms with Crippen molar-refractivity contribution in [1.82, 2.24) is 0 Å². The SMILES string of the molecule is CCCCCCCCCCCCCCCCCCCCCCCCCCCCC=CC(O)CN. The zero-order valence-electron chi connectivity index (χ0n) is 23.6. The van der Waals surface area contributed by atoms with Crippen molar-refractivity contribution < 1.29 is 5.11 Å². The average molecular weight is 480 g/mol. The minimum atomic E-state index is -0.455. The molecule has 0 amide bonds. The van der Waals surface area contributed by atoms with Gasteiger partial charge in [-0.3, -0.25) is 0 Å². The van der Waals surface area contributed by atoms with Crippen LogP contribution in [0, 0.1) is 0 Å². The normalized spacial score (nSPS) is 12.7. The van der Waals surface area contributed by atoms with Crippen molar-refractivity contribution >= 4 is 0 Å². The van der Waals surface area contributed by atoms with Crippen molar-refractivity contribution in [2.24, 2.45) is 5.73 Å². The quantitative estimate of drug-likeness (QED) is 0.0827. The Morgan fingerprint density at radius 2 is 0.735 bits per heavy atom. The molecule has 34 heavy (non-hydrogen) atoms. The molecule has 0 aliphatic rings. The van der Waals surface area contributed by atoms with Crippen LogP contribution in [0.1, 0.15) is 180 Å². The standard InChI is InChI=1S/C32H65NO/c1-2-3-4-5-6-7-8-9-10-11-12-13-14-15-16-17-18-19-20-21-22-23-24-25-26-27-28-29-30-32(34)31-33/h29-30,32,34H,2-28,31,33H2,1H3. The third-order valence-electron chi connectivity index (χ3n) is 7.32. The van der Waals surface area contributed by atoms with Crippen LogP contribution in [-0.4, -0.2) is 17.8 Å². The van der Waals surface area contributed by atoms with Gasteiger partial charge in [-0.15, -0.1) is 0 Å². The van der Waals surface area contributed by atoms with E-state index in [9.17, 15) is 5.11 Å². The molecule has 0 bridgehead atoms. The number of hydrogen-bond acceptors (Lipinski definition) is 2. The first-order valence-electron chi connectivity index (χ1n) is 15.9. The van der Waals surface area contributed by atoms with Gasteiger partial charge in [-0.1, -0.05) is 180 Å². The summed E-state index contributed by atoms with van der Waals surface area (Å²) in [5.74, 6) is 0. The number of rotatable bonds is 29. The highest BCUT2D eigenvalue weighted by Crippen LogP contribution is 2.16. The number of aliphatic hydroxyl groups excluding tert-OH is 1. The predicted octanol–water partition coefficient (Wildman–Crippen LogP) is 10.4. The summed E-state index contributed by atoms with van der Waals surface area (Å²) in [7, 11) is 0. The van der Waals surface area contributed by atoms with E-state index in [0.29, 0.717) is 6.54 Å². The van der Waals surface area contributed by atoms with Gasteiger partial charge in [0.1, 0.15) is 0 Å². The molecule has 3 N–H and O–H groups in total. The molecule has 0 saturated carbocycles. The van der Waals surface area contributed by atoms with E-state index in [-0.39, 0.29) is 0 Å². The highest BCUT2D eigenvalue weighted by molar-refractivity contribution is 4.88. The van der Waals surface area contributed by atoms with Crippen LogP contribution in [0.25, 0.3) is 0 Å². The molecule has 204 valence electrons. The van der Waals surface area contributed by atoms with Gasteiger partial charge in [0, 0.05) is 6.54 Å². The lowest BCUT2D eigenvalue weighted by molar-refractivity contribution is 0.231. The Hall–Kier alpha value is -0.340. The summed E-state index contributed by atoms with van der Waals surface area (Å²) >= 11 is 0. The second-order valence-electron chi connectivity index (χ2n) is 10.9. The van der Waals surface area contributed by atoms with Crippen molar-refractivity contribution in [2.45, 2.75) is 186 Å². The van der Waals surface area contributed by atoms with Gasteiger partial charge in [0.15, 0.2) is 0 Å². The van der Waals surface area contributed by atoms with Crippen LogP contribution in [0.2, 0.25) is 0 Å². The van der Waals surface area contributed by atoms with E-state index in [1.54, 1.807) is 0 Å². The lowest BCUT2D eigenvalue weighted by Crippen LogP contribution is -2.16. The molecule has 0 aromatic heterocycles. The van der Waals surface area contributed by atoms with E-state index >= 15 is 0 Å². The molecule has 0 fully saturated rings. The summed E-state index contributed by atoms with van der Waals surface area (Å²) in [6.45, 7) is 2.63. The first-order valence-corrected chi connectivity index (χ1v) is 15.9. The minimum Gasteiger partial charge on any atom is -0.388 e. The van der Waals surface area contributed by atoms with Crippen molar-refractivity contribution in [1.29, 1.82) is 0 Å². The average Bonchev–Trinajstić information content (AvgIpc) is 2.85. The van der Waals surface area contributed by atoms with Crippen LogP contribution in [0.5, 0.6) is 0 Å². The monoisotopic (exact) mass is 480 g/mol. The zero-order chi connectivity index (χ0) is 24.8. The van der Waals surface area contributed by atoms with Crippen molar-refractivity contribution in [3.63, 3.8) is 0 Å². The molecule has 0 radical (unpaired) electrons. The minimum absolute atomic E-state index is 0.329. The summed E-state index contributed by atoms with van der Waals surface area (Å²) in [6, 6.07) is 0. The highest BCUT2D eigenvalue weighted by atomic mass is 16.3. The fourth-order valence-electron chi connectivity index (χ4n) is 4.91. The molecule has 0 rings (SSSR count). The first-order chi connectivity index (χ1) is 16.8. The summed E-state index contributed by atoms with van der Waals surface area (Å²) in [4.78, 5) is 0. The van der Waals surface area contributed by atoms with E-state index in [4.69, 9.17) is 5.73 Å². The van der Waals surface area contributed by atoms with Gasteiger partial charge in [-0.25, -0.2) is 0 Å². The topological polar surface area (TPSA) is 46.2 Å². The smallest absolute Gasteiger partial charge is 0.0843 e. The molecular formula is C32H65NO. The van der Waals surface area contributed by atoms with Crippen LogP contribution >= 0.6 is 0 Å². The Morgan fingerprint density at radius 3 is 1.00 bits per heavy atom. The number of nitrogens with two attached hydrogens (primary N) is 1. The fraction of sp³-hybridized carbons (Fsp3) is 0.938. The van der Waals surface area contributed by atoms with E-state index in [0.717, 1.165) is 6.42 Å². The summed E-state index contributed by atoms with van der Waals surface area (Å²) in [5.41, 5.74) is 5.38. The second kappa shape index (κ2) is 30.7. The summed E-state index contributed by atoms with van der Waals surface area (Å²) < 4.78 is 0. The number of allylic oxidation sites excluding steroid dienone is 1. The Morgan fingerprint density at radius 1 is 0.471 bits per heavy atom. The summed E-state index contributed by atoms with van der Waals surface area (Å²) in [5, 5.41) is 9.34. The lowest BCUT2D eigenvalue weighted by atomic mass is 10.0. The Labute approximate surface area is 215 Å².